The molecule has 3 atom stereocenters. The third-order valence-electron chi connectivity index (χ3n) is 6.92. The number of hydrogen-bond donors (Lipinski definition) is 3. The molecule has 10 heteroatoms. The highest BCUT2D eigenvalue weighted by atomic mass is 127. The molecule has 2 aliphatic carbocycles. The van der Waals surface area contributed by atoms with Gasteiger partial charge in [0.15, 0.2) is 5.79 Å². The summed E-state index contributed by atoms with van der Waals surface area (Å²) < 4.78 is 19.9. The number of ether oxygens (including phenoxy) is 3. The zero-order valence-corrected chi connectivity index (χ0v) is 22.8. The van der Waals surface area contributed by atoms with Crippen LogP contribution in [0.1, 0.15) is 34.3 Å². The number of benzene rings is 2. The molecule has 2 amide bonds. The van der Waals surface area contributed by atoms with Gasteiger partial charge in [-0.05, 0) is 64.1 Å². The van der Waals surface area contributed by atoms with E-state index in [0.717, 1.165) is 14.7 Å². The van der Waals surface area contributed by atoms with E-state index < -0.39 is 30.1 Å². The van der Waals surface area contributed by atoms with Crippen molar-refractivity contribution in [1.82, 2.24) is 10.6 Å². The zero-order valence-electron chi connectivity index (χ0n) is 20.7. The molecule has 3 unspecified atom stereocenters. The number of carbonyl (C=O) groups is 3. The van der Waals surface area contributed by atoms with Gasteiger partial charge in [-0.15, -0.1) is 0 Å². The van der Waals surface area contributed by atoms with E-state index in [0.29, 0.717) is 24.0 Å². The normalized spacial score (nSPS) is 22.8. The number of nitrogens with one attached hydrogen (secondary N) is 2. The van der Waals surface area contributed by atoms with Crippen molar-refractivity contribution >= 4 is 40.4 Å². The van der Waals surface area contributed by atoms with Crippen LogP contribution in [0.2, 0.25) is 0 Å². The first-order chi connectivity index (χ1) is 18.4. The average Bonchev–Trinajstić information content (AvgIpc) is 3.45. The summed E-state index contributed by atoms with van der Waals surface area (Å²) in [7, 11) is 0. The minimum atomic E-state index is -0.875. The van der Waals surface area contributed by atoms with E-state index in [1.165, 1.54) is 0 Å². The molecule has 2 aromatic rings. The molecule has 0 radical (unpaired) electrons. The summed E-state index contributed by atoms with van der Waals surface area (Å²) in [5.41, 5.74) is 3.14. The van der Waals surface area contributed by atoms with Crippen molar-refractivity contribution < 1.29 is 33.7 Å². The van der Waals surface area contributed by atoms with Crippen LogP contribution < -0.4 is 10.6 Å². The summed E-state index contributed by atoms with van der Waals surface area (Å²) in [6, 6.07) is 15.1. The van der Waals surface area contributed by atoms with Crippen LogP contribution in [0.25, 0.3) is 0 Å². The molecule has 1 heterocycles. The molecule has 1 fully saturated rings. The molecule has 0 bridgehead atoms. The molecular weight excluding hydrogens is 603 g/mol. The van der Waals surface area contributed by atoms with E-state index in [1.807, 2.05) is 24.3 Å². The Balaban J connectivity index is 1.31. The van der Waals surface area contributed by atoms with Crippen LogP contribution in [0.15, 0.2) is 60.2 Å². The summed E-state index contributed by atoms with van der Waals surface area (Å²) in [4.78, 5) is 37.8. The fraction of sp³-hybridized carbons (Fsp3) is 0.393. The lowest BCUT2D eigenvalue weighted by molar-refractivity contribution is -0.172. The van der Waals surface area contributed by atoms with Crippen LogP contribution in [0.3, 0.4) is 0 Å². The third-order valence-corrected chi connectivity index (χ3v) is 7.64. The van der Waals surface area contributed by atoms with Crippen LogP contribution in [-0.2, 0) is 36.6 Å². The molecule has 1 aliphatic heterocycles. The second-order valence-electron chi connectivity index (χ2n) is 9.62. The monoisotopic (exact) mass is 632 g/mol. The van der Waals surface area contributed by atoms with Gasteiger partial charge in [0.2, 0.25) is 11.8 Å². The Labute approximate surface area is 234 Å². The minimum absolute atomic E-state index is 0.0806. The molecule has 3 aliphatic rings. The smallest absolute Gasteiger partial charge is 0.338 e. The number of hydrogen-bond acceptors (Lipinski definition) is 7. The maximum absolute atomic E-state index is 13.0. The number of rotatable bonds is 8. The Kier molecular flexibility index (Phi) is 8.12. The van der Waals surface area contributed by atoms with Gasteiger partial charge >= 0.3 is 5.97 Å². The Bertz CT molecular complexity index is 1220. The molecule has 0 aromatic heterocycles. The van der Waals surface area contributed by atoms with Gasteiger partial charge in [-0.3, -0.25) is 9.59 Å². The van der Waals surface area contributed by atoms with Crippen molar-refractivity contribution in [2.75, 3.05) is 19.7 Å². The zero-order chi connectivity index (χ0) is 26.7. The molecule has 5 rings (SSSR count). The lowest BCUT2D eigenvalue weighted by atomic mass is 9.91. The molecule has 200 valence electrons. The minimum Gasteiger partial charge on any atom is -0.456 e. The number of halogens is 1. The van der Waals surface area contributed by atoms with Gasteiger partial charge in [-0.2, -0.15) is 0 Å². The number of esters is 1. The van der Waals surface area contributed by atoms with E-state index in [9.17, 15) is 14.4 Å². The number of amides is 2. The van der Waals surface area contributed by atoms with Crippen LogP contribution in [0.4, 0.5) is 0 Å². The van der Waals surface area contributed by atoms with Crippen LogP contribution >= 0.6 is 22.6 Å². The van der Waals surface area contributed by atoms with Gasteiger partial charge in [0.25, 0.3) is 0 Å². The summed E-state index contributed by atoms with van der Waals surface area (Å²) in [5, 5.41) is 14.1. The van der Waals surface area contributed by atoms with Crippen molar-refractivity contribution in [3.8, 4) is 0 Å². The average molecular weight is 632 g/mol. The van der Waals surface area contributed by atoms with Gasteiger partial charge in [-0.25, -0.2) is 4.79 Å². The van der Waals surface area contributed by atoms with E-state index in [4.69, 9.17) is 19.3 Å². The summed E-state index contributed by atoms with van der Waals surface area (Å²) in [6.07, 6.45) is 1.29. The molecule has 9 nitrogen and oxygen atoms in total. The fourth-order valence-corrected chi connectivity index (χ4v) is 5.50. The molecular formula is C28H29IN2O7. The van der Waals surface area contributed by atoms with Gasteiger partial charge in [0.05, 0.1) is 12.2 Å². The first kappa shape index (κ1) is 26.8. The van der Waals surface area contributed by atoms with Crippen molar-refractivity contribution in [2.45, 2.75) is 49.8 Å². The highest BCUT2D eigenvalue weighted by Gasteiger charge is 2.55. The number of fused-ring (bicyclic) bond motifs is 2. The second kappa shape index (κ2) is 11.5. The van der Waals surface area contributed by atoms with Gasteiger partial charge in [0.1, 0.15) is 18.3 Å². The largest absolute Gasteiger partial charge is 0.456 e. The highest BCUT2D eigenvalue weighted by molar-refractivity contribution is 14.1. The van der Waals surface area contributed by atoms with Crippen molar-refractivity contribution in [2.24, 2.45) is 0 Å². The van der Waals surface area contributed by atoms with E-state index >= 15 is 0 Å². The molecule has 2 aromatic carbocycles. The topological polar surface area (TPSA) is 123 Å². The standard InChI is InChI=1S/C28H29IN2O7/c29-21-7-5-17(6-8-21)27(35)36-22-13-20(26(34)31-10-9-24(33)30-11-12-32)14-23-25(22)38-28(37-23)15-18-3-1-2-4-19(18)16-28/h1-8,14,22-23,25,32H,9-13,15-16H2,(H,30,33)(H,31,34). The van der Waals surface area contributed by atoms with Crippen LogP contribution in [0, 0.1) is 3.57 Å². The maximum atomic E-state index is 13.0. The van der Waals surface area contributed by atoms with Gasteiger partial charge in [0, 0.05) is 47.9 Å². The number of aliphatic hydroxyl groups is 1. The Morgan fingerprint density at radius 3 is 2.39 bits per heavy atom. The Hall–Kier alpha value is -2.80. The maximum Gasteiger partial charge on any atom is 0.338 e. The first-order valence-corrected chi connectivity index (χ1v) is 13.7. The summed E-state index contributed by atoms with van der Waals surface area (Å²) in [6.45, 7) is 0.146. The molecule has 38 heavy (non-hydrogen) atoms. The first-order valence-electron chi connectivity index (χ1n) is 12.6. The Morgan fingerprint density at radius 2 is 1.71 bits per heavy atom. The summed E-state index contributed by atoms with van der Waals surface area (Å²) >= 11 is 2.17. The second-order valence-corrected chi connectivity index (χ2v) is 10.9. The van der Waals surface area contributed by atoms with Crippen molar-refractivity contribution in [3.63, 3.8) is 0 Å². The lowest BCUT2D eigenvalue weighted by Gasteiger charge is -2.30. The highest BCUT2D eigenvalue weighted by Crippen LogP contribution is 2.45. The predicted molar refractivity (Wildman–Crippen MR) is 145 cm³/mol. The lowest BCUT2D eigenvalue weighted by Crippen LogP contribution is -2.44. The molecule has 3 N–H and O–H groups in total. The summed E-state index contributed by atoms with van der Waals surface area (Å²) in [5.74, 6) is -1.99. The van der Waals surface area contributed by atoms with Gasteiger partial charge in [-0.1, -0.05) is 24.3 Å². The Morgan fingerprint density at radius 1 is 1.00 bits per heavy atom. The van der Waals surface area contributed by atoms with E-state index in [-0.39, 0.29) is 44.4 Å². The number of aliphatic hydroxyl groups excluding tert-OH is 1. The van der Waals surface area contributed by atoms with Crippen molar-refractivity contribution in [3.05, 3.63) is 80.4 Å². The quantitative estimate of drug-likeness (QED) is 0.301. The number of carbonyl (C=O) groups excluding carboxylic acids is 3. The molecule has 0 saturated carbocycles. The van der Waals surface area contributed by atoms with Crippen LogP contribution in [-0.4, -0.2) is 66.7 Å². The molecule has 1 saturated heterocycles. The van der Waals surface area contributed by atoms with Gasteiger partial charge < -0.3 is 30.0 Å². The third kappa shape index (κ3) is 5.93. The SMILES string of the molecule is O=C(CCNC(=O)C1=CC2OC3(Cc4ccccc4C3)OC2C(OC(=O)c2ccc(I)cc2)C1)NCCO. The van der Waals surface area contributed by atoms with Crippen molar-refractivity contribution in [1.29, 1.82) is 0 Å². The predicted octanol–water partition coefficient (Wildman–Crippen LogP) is 2.04. The fourth-order valence-electron chi connectivity index (χ4n) is 5.14. The van der Waals surface area contributed by atoms with E-state index in [2.05, 4.69) is 45.4 Å². The molecule has 1 spiro atoms. The van der Waals surface area contributed by atoms with Crippen LogP contribution in [0.5, 0.6) is 0 Å². The van der Waals surface area contributed by atoms with E-state index in [1.54, 1.807) is 18.2 Å².